The van der Waals surface area contributed by atoms with Gasteiger partial charge in [-0.1, -0.05) is 13.8 Å². The van der Waals surface area contributed by atoms with Gasteiger partial charge in [-0.05, 0) is 38.5 Å². The van der Waals surface area contributed by atoms with Gasteiger partial charge in [-0.2, -0.15) is 0 Å². The summed E-state index contributed by atoms with van der Waals surface area (Å²) in [6, 6.07) is 1.46. The van der Waals surface area contributed by atoms with Crippen molar-refractivity contribution in [2.45, 2.75) is 52.6 Å². The summed E-state index contributed by atoms with van der Waals surface area (Å²) in [5.74, 6) is 1.81. The molecule has 0 bridgehead atoms. The van der Waals surface area contributed by atoms with Crippen LogP contribution in [0.2, 0.25) is 0 Å². The fourth-order valence-corrected chi connectivity index (χ4v) is 2.17. The number of hydrogen-bond donors (Lipinski definition) is 1. The van der Waals surface area contributed by atoms with Crippen molar-refractivity contribution in [2.75, 3.05) is 0 Å². The molecular weight excluding hydrogens is 134 g/mol. The molecule has 1 fully saturated rings. The lowest BCUT2D eigenvalue weighted by Gasteiger charge is -2.35. The highest BCUT2D eigenvalue weighted by Crippen LogP contribution is 2.26. The summed E-state index contributed by atoms with van der Waals surface area (Å²) in [4.78, 5) is 0. The summed E-state index contributed by atoms with van der Waals surface area (Å²) in [6.45, 7) is 9.28. The average Bonchev–Trinajstić information content (AvgIpc) is 1.85. The molecule has 0 amide bonds. The van der Waals surface area contributed by atoms with Crippen LogP contribution in [0.25, 0.3) is 0 Å². The van der Waals surface area contributed by atoms with E-state index < -0.39 is 0 Å². The quantitative estimate of drug-likeness (QED) is 0.613. The Morgan fingerprint density at radius 1 is 1.09 bits per heavy atom. The highest BCUT2D eigenvalue weighted by atomic mass is 15.0. The Morgan fingerprint density at radius 2 is 1.55 bits per heavy atom. The molecule has 0 radical (unpaired) electrons. The predicted molar refractivity (Wildman–Crippen MR) is 49.6 cm³/mol. The second kappa shape index (κ2) is 3.57. The molecule has 0 aromatic carbocycles. The zero-order valence-corrected chi connectivity index (χ0v) is 8.22. The number of nitrogens with one attached hydrogen (secondary N) is 1. The fraction of sp³-hybridized carbons (Fsp3) is 1.00. The third-order valence-corrected chi connectivity index (χ3v) is 2.82. The molecule has 2 atom stereocenters. The van der Waals surface area contributed by atoms with E-state index in [-0.39, 0.29) is 0 Å². The van der Waals surface area contributed by atoms with Gasteiger partial charge in [0.2, 0.25) is 0 Å². The van der Waals surface area contributed by atoms with E-state index in [1.54, 1.807) is 0 Å². The molecule has 0 saturated carbocycles. The highest BCUT2D eigenvalue weighted by Gasteiger charge is 2.24. The molecule has 0 aromatic rings. The van der Waals surface area contributed by atoms with Gasteiger partial charge >= 0.3 is 0 Å². The van der Waals surface area contributed by atoms with E-state index in [9.17, 15) is 0 Å². The summed E-state index contributed by atoms with van der Waals surface area (Å²) >= 11 is 0. The van der Waals surface area contributed by atoms with Crippen LogP contribution in [0.5, 0.6) is 0 Å². The summed E-state index contributed by atoms with van der Waals surface area (Å²) in [6.07, 6.45) is 2.73. The molecule has 1 heteroatoms. The lowest BCUT2D eigenvalue weighted by atomic mass is 9.81. The predicted octanol–water partition coefficient (Wildman–Crippen LogP) is 2.42. The van der Waals surface area contributed by atoms with Crippen LogP contribution >= 0.6 is 0 Å². The maximum Gasteiger partial charge on any atom is 0.00439 e. The summed E-state index contributed by atoms with van der Waals surface area (Å²) in [7, 11) is 0. The van der Waals surface area contributed by atoms with Crippen LogP contribution in [0.15, 0.2) is 0 Å². The van der Waals surface area contributed by atoms with Gasteiger partial charge in [0, 0.05) is 12.1 Å². The first-order valence-corrected chi connectivity index (χ1v) is 4.85. The average molecular weight is 155 g/mol. The Hall–Kier alpha value is -0.0400. The van der Waals surface area contributed by atoms with E-state index in [4.69, 9.17) is 0 Å². The maximum atomic E-state index is 3.56. The molecule has 66 valence electrons. The first kappa shape index (κ1) is 9.05. The molecule has 11 heavy (non-hydrogen) atoms. The molecule has 0 unspecified atom stereocenters. The van der Waals surface area contributed by atoms with Crippen LogP contribution in [0.4, 0.5) is 0 Å². The van der Waals surface area contributed by atoms with Gasteiger partial charge in [0.1, 0.15) is 0 Å². The van der Waals surface area contributed by atoms with Crippen molar-refractivity contribution < 1.29 is 0 Å². The van der Waals surface area contributed by atoms with E-state index in [1.165, 1.54) is 12.8 Å². The normalized spacial score (nSPS) is 39.5. The van der Waals surface area contributed by atoms with Crippen molar-refractivity contribution in [3.63, 3.8) is 0 Å². The van der Waals surface area contributed by atoms with E-state index >= 15 is 0 Å². The fourth-order valence-electron chi connectivity index (χ4n) is 2.17. The Balaban J connectivity index is 2.43. The van der Waals surface area contributed by atoms with Crippen molar-refractivity contribution in [1.29, 1.82) is 0 Å². The van der Waals surface area contributed by atoms with Gasteiger partial charge in [-0.3, -0.25) is 0 Å². The first-order chi connectivity index (χ1) is 5.09. The largest absolute Gasteiger partial charge is 0.312 e. The topological polar surface area (TPSA) is 12.0 Å². The van der Waals surface area contributed by atoms with Gasteiger partial charge in [0.05, 0.1) is 0 Å². The van der Waals surface area contributed by atoms with Gasteiger partial charge in [0.25, 0.3) is 0 Å². The maximum absolute atomic E-state index is 3.56. The Labute approximate surface area is 70.6 Å². The number of rotatable bonds is 1. The molecule has 0 aromatic heterocycles. The SMILES string of the molecule is CC(C)C1C[C@@H](C)N[C@H](C)C1. The summed E-state index contributed by atoms with van der Waals surface area (Å²) in [5, 5.41) is 3.56. The standard InChI is InChI=1S/C10H21N/c1-7(2)10-5-8(3)11-9(4)6-10/h7-11H,5-6H2,1-4H3/t8-,9-/m1/s1. The van der Waals surface area contributed by atoms with Crippen LogP contribution in [-0.4, -0.2) is 12.1 Å². The van der Waals surface area contributed by atoms with Crippen molar-refractivity contribution >= 4 is 0 Å². The minimum absolute atomic E-state index is 0.728. The zero-order valence-electron chi connectivity index (χ0n) is 8.22. The van der Waals surface area contributed by atoms with Crippen molar-refractivity contribution in [3.8, 4) is 0 Å². The molecule has 1 heterocycles. The lowest BCUT2D eigenvalue weighted by Crippen LogP contribution is -2.43. The summed E-state index contributed by atoms with van der Waals surface area (Å²) < 4.78 is 0. The van der Waals surface area contributed by atoms with Crippen molar-refractivity contribution in [3.05, 3.63) is 0 Å². The molecule has 1 aliphatic heterocycles. The van der Waals surface area contributed by atoms with Crippen molar-refractivity contribution in [2.24, 2.45) is 11.8 Å². The second-order valence-electron chi connectivity index (χ2n) is 4.44. The van der Waals surface area contributed by atoms with E-state index in [0.717, 1.165) is 23.9 Å². The summed E-state index contributed by atoms with van der Waals surface area (Å²) in [5.41, 5.74) is 0. The monoisotopic (exact) mass is 155 g/mol. The molecule has 1 rings (SSSR count). The minimum atomic E-state index is 0.728. The Kier molecular flexibility index (Phi) is 2.94. The Bertz CT molecular complexity index is 110. The van der Waals surface area contributed by atoms with Crippen LogP contribution < -0.4 is 5.32 Å². The lowest BCUT2D eigenvalue weighted by molar-refractivity contribution is 0.213. The third kappa shape index (κ3) is 2.48. The molecule has 1 N–H and O–H groups in total. The van der Waals surface area contributed by atoms with Crippen molar-refractivity contribution in [1.82, 2.24) is 5.32 Å². The van der Waals surface area contributed by atoms with Crippen LogP contribution in [0, 0.1) is 11.8 Å². The molecule has 1 saturated heterocycles. The zero-order chi connectivity index (χ0) is 8.43. The van der Waals surface area contributed by atoms with Crippen LogP contribution in [-0.2, 0) is 0 Å². The van der Waals surface area contributed by atoms with E-state index in [1.807, 2.05) is 0 Å². The first-order valence-electron chi connectivity index (χ1n) is 4.85. The molecule has 0 spiro atoms. The smallest absolute Gasteiger partial charge is 0.00439 e. The second-order valence-corrected chi connectivity index (χ2v) is 4.44. The third-order valence-electron chi connectivity index (χ3n) is 2.82. The van der Waals surface area contributed by atoms with Gasteiger partial charge in [-0.25, -0.2) is 0 Å². The molecule has 0 aliphatic carbocycles. The van der Waals surface area contributed by atoms with Crippen LogP contribution in [0.1, 0.15) is 40.5 Å². The highest BCUT2D eigenvalue weighted by molar-refractivity contribution is 4.81. The molecule has 1 aliphatic rings. The number of piperidine rings is 1. The Morgan fingerprint density at radius 3 is 1.91 bits per heavy atom. The minimum Gasteiger partial charge on any atom is -0.312 e. The number of hydrogen-bond acceptors (Lipinski definition) is 1. The van der Waals surface area contributed by atoms with Gasteiger partial charge in [0.15, 0.2) is 0 Å². The molecule has 1 nitrogen and oxygen atoms in total. The van der Waals surface area contributed by atoms with Crippen LogP contribution in [0.3, 0.4) is 0 Å². The van der Waals surface area contributed by atoms with E-state index in [2.05, 4.69) is 33.0 Å². The van der Waals surface area contributed by atoms with Gasteiger partial charge in [-0.15, -0.1) is 0 Å². The van der Waals surface area contributed by atoms with Gasteiger partial charge < -0.3 is 5.32 Å². The van der Waals surface area contributed by atoms with E-state index in [0.29, 0.717) is 0 Å². The molecular formula is C10H21N.